The van der Waals surface area contributed by atoms with Gasteiger partial charge in [-0.15, -0.1) is 0 Å². The Morgan fingerprint density at radius 3 is 2.86 bits per heavy atom. The first-order chi connectivity index (χ1) is 10.8. The Hall–Kier alpha value is -1.81. The van der Waals surface area contributed by atoms with Crippen LogP contribution in [0.1, 0.15) is 32.1 Å². The van der Waals surface area contributed by atoms with Gasteiger partial charge in [-0.1, -0.05) is 12.5 Å². The van der Waals surface area contributed by atoms with Crippen LogP contribution in [-0.4, -0.2) is 41.2 Å². The molecule has 0 bridgehead atoms. The normalized spacial score (nSPS) is 15.5. The maximum absolute atomic E-state index is 9.80. The topological polar surface area (TPSA) is 48.4 Å². The minimum absolute atomic E-state index is 0.289. The number of phenolic OH excluding ortho intramolecular Hbond substituents is 1. The molecule has 0 spiro atoms. The van der Waals surface area contributed by atoms with Gasteiger partial charge in [-0.2, -0.15) is 0 Å². The molecule has 1 aromatic carbocycles. The van der Waals surface area contributed by atoms with E-state index in [0.717, 1.165) is 29.6 Å². The number of likely N-dealkylation sites (tertiary alicyclic amines) is 1. The van der Waals surface area contributed by atoms with Crippen molar-refractivity contribution in [2.45, 2.75) is 32.1 Å². The molecular weight excluding hydrogens is 274 g/mol. The van der Waals surface area contributed by atoms with Crippen LogP contribution in [0.3, 0.4) is 0 Å². The number of aromatic nitrogens is 1. The van der Waals surface area contributed by atoms with Gasteiger partial charge in [0, 0.05) is 24.2 Å². The summed E-state index contributed by atoms with van der Waals surface area (Å²) in [5, 5.41) is 14.2. The fraction of sp³-hybridized carbons (Fsp3) is 0.500. The van der Waals surface area contributed by atoms with E-state index < -0.39 is 0 Å². The van der Waals surface area contributed by atoms with E-state index in [9.17, 15) is 5.11 Å². The first-order valence-corrected chi connectivity index (χ1v) is 8.37. The standard InChI is InChI=1S/C18H25N3O/c22-16-13-15-7-6-9-20-18(15)17(14-16)19-8-2-1-3-10-21-11-4-5-12-21/h6-7,9,13-14,19,22H,1-5,8,10-12H2. The molecule has 3 rings (SSSR count). The van der Waals surface area contributed by atoms with Gasteiger partial charge in [0.1, 0.15) is 5.75 Å². The summed E-state index contributed by atoms with van der Waals surface area (Å²) in [6.45, 7) is 4.75. The highest BCUT2D eigenvalue weighted by molar-refractivity contribution is 5.91. The number of anilines is 1. The molecule has 4 heteroatoms. The summed E-state index contributed by atoms with van der Waals surface area (Å²) >= 11 is 0. The van der Waals surface area contributed by atoms with Gasteiger partial charge in [0.15, 0.2) is 0 Å². The highest BCUT2D eigenvalue weighted by atomic mass is 16.3. The van der Waals surface area contributed by atoms with Gasteiger partial charge < -0.3 is 15.3 Å². The lowest BCUT2D eigenvalue weighted by molar-refractivity contribution is 0.329. The van der Waals surface area contributed by atoms with Crippen molar-refractivity contribution in [3.63, 3.8) is 0 Å². The molecule has 118 valence electrons. The SMILES string of the molecule is Oc1cc(NCCCCCN2CCCC2)c2ncccc2c1. The molecule has 1 aliphatic heterocycles. The summed E-state index contributed by atoms with van der Waals surface area (Å²) in [6.07, 6.45) is 8.21. The predicted octanol–water partition coefficient (Wildman–Crippen LogP) is 3.62. The molecule has 0 unspecified atom stereocenters. The van der Waals surface area contributed by atoms with Crippen molar-refractivity contribution in [2.75, 3.05) is 31.5 Å². The number of nitrogens with zero attached hydrogens (tertiary/aromatic N) is 2. The van der Waals surface area contributed by atoms with Crippen LogP contribution in [0.2, 0.25) is 0 Å². The average Bonchev–Trinajstić information content (AvgIpc) is 3.03. The zero-order valence-electron chi connectivity index (χ0n) is 13.1. The molecule has 0 radical (unpaired) electrons. The van der Waals surface area contributed by atoms with E-state index in [-0.39, 0.29) is 5.75 Å². The lowest BCUT2D eigenvalue weighted by Crippen LogP contribution is -2.20. The Bertz CT molecular complexity index is 608. The number of phenols is 1. The quantitative estimate of drug-likeness (QED) is 0.767. The molecule has 2 heterocycles. The summed E-state index contributed by atoms with van der Waals surface area (Å²) in [7, 11) is 0. The minimum Gasteiger partial charge on any atom is -0.508 e. The summed E-state index contributed by atoms with van der Waals surface area (Å²) in [5.74, 6) is 0.289. The molecule has 1 fully saturated rings. The van der Waals surface area contributed by atoms with Crippen molar-refractivity contribution in [1.29, 1.82) is 0 Å². The number of benzene rings is 1. The van der Waals surface area contributed by atoms with Crippen molar-refractivity contribution in [3.05, 3.63) is 30.5 Å². The van der Waals surface area contributed by atoms with Crippen LogP contribution in [0.5, 0.6) is 5.75 Å². The lowest BCUT2D eigenvalue weighted by Gasteiger charge is -2.14. The third-order valence-electron chi connectivity index (χ3n) is 4.35. The molecule has 1 aromatic heterocycles. The maximum atomic E-state index is 9.80. The van der Waals surface area contributed by atoms with Gasteiger partial charge in [0.05, 0.1) is 11.2 Å². The Morgan fingerprint density at radius 1 is 1.14 bits per heavy atom. The third kappa shape index (κ3) is 3.89. The molecule has 0 atom stereocenters. The summed E-state index contributed by atoms with van der Waals surface area (Å²) in [5.41, 5.74) is 1.85. The van der Waals surface area contributed by atoms with E-state index in [4.69, 9.17) is 0 Å². The number of aromatic hydroxyl groups is 1. The zero-order valence-corrected chi connectivity index (χ0v) is 13.1. The summed E-state index contributed by atoms with van der Waals surface area (Å²) < 4.78 is 0. The maximum Gasteiger partial charge on any atom is 0.118 e. The van der Waals surface area contributed by atoms with Gasteiger partial charge in [-0.25, -0.2) is 0 Å². The van der Waals surface area contributed by atoms with Crippen LogP contribution in [0.25, 0.3) is 10.9 Å². The van der Waals surface area contributed by atoms with E-state index in [1.165, 1.54) is 45.3 Å². The van der Waals surface area contributed by atoms with Crippen LogP contribution < -0.4 is 5.32 Å². The van der Waals surface area contributed by atoms with Crippen LogP contribution in [-0.2, 0) is 0 Å². The number of hydrogen-bond donors (Lipinski definition) is 2. The molecule has 4 nitrogen and oxygen atoms in total. The molecule has 0 saturated carbocycles. The largest absolute Gasteiger partial charge is 0.508 e. The highest BCUT2D eigenvalue weighted by Gasteiger charge is 2.10. The van der Waals surface area contributed by atoms with E-state index in [1.807, 2.05) is 12.1 Å². The van der Waals surface area contributed by atoms with Crippen LogP contribution in [0.4, 0.5) is 5.69 Å². The van der Waals surface area contributed by atoms with Gasteiger partial charge in [-0.3, -0.25) is 4.98 Å². The molecule has 1 aliphatic rings. The van der Waals surface area contributed by atoms with E-state index in [2.05, 4.69) is 15.2 Å². The summed E-state index contributed by atoms with van der Waals surface area (Å²) in [6, 6.07) is 7.39. The molecule has 0 amide bonds. The number of nitrogens with one attached hydrogen (secondary N) is 1. The Morgan fingerprint density at radius 2 is 2.00 bits per heavy atom. The number of hydrogen-bond acceptors (Lipinski definition) is 4. The molecule has 2 aromatic rings. The second-order valence-electron chi connectivity index (χ2n) is 6.10. The molecular formula is C18H25N3O. The zero-order chi connectivity index (χ0) is 15.2. The smallest absolute Gasteiger partial charge is 0.118 e. The number of rotatable bonds is 7. The van der Waals surface area contributed by atoms with Crippen molar-refractivity contribution >= 4 is 16.6 Å². The average molecular weight is 299 g/mol. The Kier molecular flexibility index (Phi) is 5.11. The van der Waals surface area contributed by atoms with Crippen molar-refractivity contribution in [1.82, 2.24) is 9.88 Å². The van der Waals surface area contributed by atoms with Gasteiger partial charge in [-0.05, 0) is 57.5 Å². The Balaban J connectivity index is 1.45. The first-order valence-electron chi connectivity index (χ1n) is 8.37. The van der Waals surface area contributed by atoms with Crippen LogP contribution >= 0.6 is 0 Å². The molecule has 22 heavy (non-hydrogen) atoms. The van der Waals surface area contributed by atoms with E-state index in [0.29, 0.717) is 0 Å². The predicted molar refractivity (Wildman–Crippen MR) is 91.4 cm³/mol. The second kappa shape index (κ2) is 7.45. The lowest BCUT2D eigenvalue weighted by atomic mass is 10.1. The van der Waals surface area contributed by atoms with Gasteiger partial charge >= 0.3 is 0 Å². The summed E-state index contributed by atoms with van der Waals surface area (Å²) in [4.78, 5) is 6.98. The van der Waals surface area contributed by atoms with Gasteiger partial charge in [0.25, 0.3) is 0 Å². The number of pyridine rings is 1. The number of unbranched alkanes of at least 4 members (excludes halogenated alkanes) is 2. The molecule has 2 N–H and O–H groups in total. The second-order valence-corrected chi connectivity index (χ2v) is 6.10. The third-order valence-corrected chi connectivity index (χ3v) is 4.35. The Labute approximate surface area is 132 Å². The van der Waals surface area contributed by atoms with Crippen molar-refractivity contribution < 1.29 is 5.11 Å². The first kappa shape index (κ1) is 15.1. The van der Waals surface area contributed by atoms with Crippen LogP contribution in [0.15, 0.2) is 30.5 Å². The highest BCUT2D eigenvalue weighted by Crippen LogP contribution is 2.26. The van der Waals surface area contributed by atoms with Crippen molar-refractivity contribution in [3.8, 4) is 5.75 Å². The monoisotopic (exact) mass is 299 g/mol. The van der Waals surface area contributed by atoms with E-state index in [1.54, 1.807) is 18.3 Å². The van der Waals surface area contributed by atoms with Crippen molar-refractivity contribution in [2.24, 2.45) is 0 Å². The minimum atomic E-state index is 0.289. The van der Waals surface area contributed by atoms with Gasteiger partial charge in [0.2, 0.25) is 0 Å². The fourth-order valence-electron chi connectivity index (χ4n) is 3.18. The fourth-order valence-corrected chi connectivity index (χ4v) is 3.18. The molecule has 1 saturated heterocycles. The van der Waals surface area contributed by atoms with E-state index >= 15 is 0 Å². The molecule has 0 aliphatic carbocycles. The van der Waals surface area contributed by atoms with Crippen LogP contribution in [0, 0.1) is 0 Å². The number of fused-ring (bicyclic) bond motifs is 1.